The molecule has 0 N–H and O–H groups in total. The van der Waals surface area contributed by atoms with Gasteiger partial charge in [0.1, 0.15) is 17.3 Å². The largest absolute Gasteiger partial charge is 0.467 e. The van der Waals surface area contributed by atoms with Gasteiger partial charge < -0.3 is 19.1 Å². The molecule has 1 saturated heterocycles. The van der Waals surface area contributed by atoms with Crippen LogP contribution in [0.5, 0.6) is 0 Å². The molecule has 4 rings (SSSR count). The van der Waals surface area contributed by atoms with Crippen molar-refractivity contribution in [3.63, 3.8) is 0 Å². The number of furan rings is 1. The van der Waals surface area contributed by atoms with E-state index in [4.69, 9.17) is 4.42 Å². The molecule has 2 aromatic heterocycles. The Labute approximate surface area is 185 Å². The quantitative estimate of drug-likeness (QED) is 0.565. The number of halogens is 1. The average Bonchev–Trinajstić information content (AvgIpc) is 3.35. The fourth-order valence-corrected chi connectivity index (χ4v) is 3.71. The number of benzene rings is 1. The van der Waals surface area contributed by atoms with Crippen molar-refractivity contribution in [1.82, 2.24) is 19.8 Å². The second-order valence-corrected chi connectivity index (χ2v) is 7.47. The van der Waals surface area contributed by atoms with Gasteiger partial charge >= 0.3 is 0 Å². The van der Waals surface area contributed by atoms with E-state index in [1.54, 1.807) is 41.5 Å². The van der Waals surface area contributed by atoms with Crippen molar-refractivity contribution in [1.29, 1.82) is 0 Å². The number of anilines is 1. The van der Waals surface area contributed by atoms with Crippen LogP contribution in [-0.4, -0.2) is 64.3 Å². The molecule has 0 bridgehead atoms. The van der Waals surface area contributed by atoms with Crippen LogP contribution < -0.4 is 4.90 Å². The predicted molar refractivity (Wildman–Crippen MR) is 115 cm³/mol. The van der Waals surface area contributed by atoms with Crippen molar-refractivity contribution < 1.29 is 18.4 Å². The van der Waals surface area contributed by atoms with E-state index in [0.717, 1.165) is 0 Å². The summed E-state index contributed by atoms with van der Waals surface area (Å²) in [6.45, 7) is 2.58. The molecule has 0 radical (unpaired) electrons. The molecule has 3 heterocycles. The zero-order chi connectivity index (χ0) is 22.3. The van der Waals surface area contributed by atoms with Gasteiger partial charge in [-0.05, 0) is 24.3 Å². The van der Waals surface area contributed by atoms with Crippen molar-refractivity contribution >= 4 is 17.5 Å². The maximum atomic E-state index is 14.0. The van der Waals surface area contributed by atoms with Gasteiger partial charge in [0.2, 0.25) is 5.91 Å². The highest BCUT2D eigenvalue weighted by molar-refractivity contribution is 5.92. The third kappa shape index (κ3) is 5.11. The number of aromatic nitrogens is 2. The molecule has 8 nitrogen and oxygen atoms in total. The summed E-state index contributed by atoms with van der Waals surface area (Å²) in [5.41, 5.74) is 0.767. The van der Waals surface area contributed by atoms with Gasteiger partial charge in [-0.25, -0.2) is 9.37 Å². The van der Waals surface area contributed by atoms with Gasteiger partial charge in [0.15, 0.2) is 0 Å². The molecule has 9 heteroatoms. The first kappa shape index (κ1) is 21.5. The molecule has 1 fully saturated rings. The lowest BCUT2D eigenvalue weighted by Crippen LogP contribution is -2.49. The van der Waals surface area contributed by atoms with E-state index >= 15 is 0 Å². The maximum Gasteiger partial charge on any atom is 0.274 e. The van der Waals surface area contributed by atoms with E-state index in [0.29, 0.717) is 37.6 Å². The van der Waals surface area contributed by atoms with Gasteiger partial charge in [-0.15, -0.1) is 0 Å². The monoisotopic (exact) mass is 437 g/mol. The van der Waals surface area contributed by atoms with Gasteiger partial charge in [-0.1, -0.05) is 12.1 Å². The standard InChI is InChI=1S/C23H24FN5O3/c24-19-5-1-2-6-21(19)27-11-13-28(14-12-27)22(30)7-10-29(17-18-4-3-15-32-18)23(31)20-16-25-8-9-26-20/h1-6,8-9,15-16H,7,10-14,17H2. The highest BCUT2D eigenvalue weighted by Crippen LogP contribution is 2.20. The van der Waals surface area contributed by atoms with Crippen molar-refractivity contribution in [3.05, 3.63) is 78.5 Å². The third-order valence-corrected chi connectivity index (χ3v) is 5.42. The Kier molecular flexibility index (Phi) is 6.74. The van der Waals surface area contributed by atoms with E-state index in [1.165, 1.54) is 29.6 Å². The Morgan fingerprint density at radius 1 is 1.06 bits per heavy atom. The van der Waals surface area contributed by atoms with Crippen LogP contribution in [-0.2, 0) is 11.3 Å². The Bertz CT molecular complexity index is 1040. The SMILES string of the molecule is O=C(CCN(Cc1ccco1)C(=O)c1cnccn1)N1CCN(c2ccccc2F)CC1. The predicted octanol–water partition coefficient (Wildman–Crippen LogP) is 2.59. The summed E-state index contributed by atoms with van der Waals surface area (Å²) in [5.74, 6) is -0.00203. The summed E-state index contributed by atoms with van der Waals surface area (Å²) in [7, 11) is 0. The minimum Gasteiger partial charge on any atom is -0.467 e. The smallest absolute Gasteiger partial charge is 0.274 e. The number of amides is 2. The van der Waals surface area contributed by atoms with Crippen LogP contribution in [0.3, 0.4) is 0 Å². The summed E-state index contributed by atoms with van der Waals surface area (Å²) >= 11 is 0. The molecule has 1 aromatic carbocycles. The van der Waals surface area contributed by atoms with Gasteiger partial charge in [0.05, 0.1) is 24.7 Å². The fourth-order valence-electron chi connectivity index (χ4n) is 3.71. The van der Waals surface area contributed by atoms with Gasteiger partial charge in [-0.2, -0.15) is 0 Å². The van der Waals surface area contributed by atoms with Crippen molar-refractivity contribution in [2.45, 2.75) is 13.0 Å². The van der Waals surface area contributed by atoms with Crippen molar-refractivity contribution in [3.8, 4) is 0 Å². The number of nitrogens with zero attached hydrogens (tertiary/aromatic N) is 5. The number of hydrogen-bond donors (Lipinski definition) is 0. The van der Waals surface area contributed by atoms with Crippen LogP contribution in [0.15, 0.2) is 65.7 Å². The third-order valence-electron chi connectivity index (χ3n) is 5.42. The molecular weight excluding hydrogens is 413 g/mol. The number of carbonyl (C=O) groups is 2. The first-order valence-corrected chi connectivity index (χ1v) is 10.5. The Balaban J connectivity index is 1.35. The van der Waals surface area contributed by atoms with Crippen LogP contribution >= 0.6 is 0 Å². The number of carbonyl (C=O) groups excluding carboxylic acids is 2. The average molecular weight is 437 g/mol. The molecule has 2 amide bonds. The van der Waals surface area contributed by atoms with Gasteiger partial charge in [0, 0.05) is 51.5 Å². The van der Waals surface area contributed by atoms with E-state index in [1.807, 2.05) is 4.90 Å². The normalized spacial score (nSPS) is 13.8. The lowest BCUT2D eigenvalue weighted by molar-refractivity contribution is -0.131. The van der Waals surface area contributed by atoms with Crippen molar-refractivity contribution in [2.24, 2.45) is 0 Å². The van der Waals surface area contributed by atoms with E-state index in [9.17, 15) is 14.0 Å². The molecule has 0 aliphatic carbocycles. The molecule has 32 heavy (non-hydrogen) atoms. The number of para-hydroxylation sites is 1. The van der Waals surface area contributed by atoms with Crippen molar-refractivity contribution in [2.75, 3.05) is 37.6 Å². The molecule has 1 aliphatic rings. The summed E-state index contributed by atoms with van der Waals surface area (Å²) in [4.78, 5) is 39.0. The summed E-state index contributed by atoms with van der Waals surface area (Å²) in [5, 5.41) is 0. The lowest BCUT2D eigenvalue weighted by Gasteiger charge is -2.36. The maximum absolute atomic E-state index is 14.0. The molecule has 166 valence electrons. The molecule has 0 unspecified atom stereocenters. The summed E-state index contributed by atoms with van der Waals surface area (Å²) in [6.07, 6.45) is 6.07. The minimum atomic E-state index is -0.313. The minimum absolute atomic E-state index is 0.0467. The first-order valence-electron chi connectivity index (χ1n) is 10.5. The number of hydrogen-bond acceptors (Lipinski definition) is 6. The highest BCUT2D eigenvalue weighted by Gasteiger charge is 2.25. The second-order valence-electron chi connectivity index (χ2n) is 7.47. The van der Waals surface area contributed by atoms with Crippen LogP contribution in [0.2, 0.25) is 0 Å². The van der Waals surface area contributed by atoms with Crippen LogP contribution in [0.1, 0.15) is 22.7 Å². The molecule has 3 aromatic rings. The zero-order valence-corrected chi connectivity index (χ0v) is 17.6. The molecule has 1 aliphatic heterocycles. The lowest BCUT2D eigenvalue weighted by atomic mass is 10.2. The van der Waals surface area contributed by atoms with Gasteiger partial charge in [0.25, 0.3) is 5.91 Å². The van der Waals surface area contributed by atoms with E-state index in [-0.39, 0.29) is 42.8 Å². The molecule has 0 saturated carbocycles. The van der Waals surface area contributed by atoms with Gasteiger partial charge in [-0.3, -0.25) is 14.6 Å². The molecule has 0 spiro atoms. The topological polar surface area (TPSA) is 82.8 Å². The Morgan fingerprint density at radius 2 is 1.88 bits per heavy atom. The van der Waals surface area contributed by atoms with E-state index in [2.05, 4.69) is 9.97 Å². The van der Waals surface area contributed by atoms with Crippen LogP contribution in [0, 0.1) is 5.82 Å². The first-order chi connectivity index (χ1) is 15.6. The van der Waals surface area contributed by atoms with Crippen LogP contribution in [0.4, 0.5) is 10.1 Å². The Hall–Kier alpha value is -3.75. The van der Waals surface area contributed by atoms with Crippen LogP contribution in [0.25, 0.3) is 0 Å². The molecular formula is C23H24FN5O3. The zero-order valence-electron chi connectivity index (χ0n) is 17.6. The number of piperazine rings is 1. The molecule has 0 atom stereocenters. The highest BCUT2D eigenvalue weighted by atomic mass is 19.1. The summed E-state index contributed by atoms with van der Waals surface area (Å²) < 4.78 is 19.4. The number of rotatable bonds is 7. The second kappa shape index (κ2) is 10.0. The van der Waals surface area contributed by atoms with E-state index < -0.39 is 0 Å². The summed E-state index contributed by atoms with van der Waals surface area (Å²) in [6, 6.07) is 10.2. The fraction of sp³-hybridized carbons (Fsp3) is 0.304. The Morgan fingerprint density at radius 3 is 2.56 bits per heavy atom.